The van der Waals surface area contributed by atoms with Gasteiger partial charge in [0.2, 0.25) is 5.91 Å². The number of alkyl carbamates (subject to hydrolysis) is 1. The first-order chi connectivity index (χ1) is 18.0. The number of hydrogen-bond acceptors (Lipinski definition) is 5. The van der Waals surface area contributed by atoms with Crippen LogP contribution in [0.3, 0.4) is 0 Å². The lowest BCUT2D eigenvalue weighted by molar-refractivity contribution is -0.143. The molecule has 0 bridgehead atoms. The van der Waals surface area contributed by atoms with Crippen LogP contribution in [0.15, 0.2) is 72.8 Å². The molecule has 1 atom stereocenters. The van der Waals surface area contributed by atoms with Crippen LogP contribution in [0.4, 0.5) is 14.9 Å². The predicted octanol–water partition coefficient (Wildman–Crippen LogP) is 5.21. The second-order valence-corrected chi connectivity index (χ2v) is 9.92. The van der Waals surface area contributed by atoms with Gasteiger partial charge < -0.3 is 20.1 Å². The van der Waals surface area contributed by atoms with Crippen LogP contribution in [-0.4, -0.2) is 36.7 Å². The highest BCUT2D eigenvalue weighted by molar-refractivity contribution is 5.92. The van der Waals surface area contributed by atoms with E-state index in [1.54, 1.807) is 57.2 Å². The van der Waals surface area contributed by atoms with E-state index in [1.165, 1.54) is 19.2 Å². The summed E-state index contributed by atoms with van der Waals surface area (Å²) >= 11 is 0. The molecule has 0 heterocycles. The van der Waals surface area contributed by atoms with Gasteiger partial charge in [0.15, 0.2) is 0 Å². The Hall–Kier alpha value is -4.20. The molecule has 0 aliphatic rings. The molecule has 38 heavy (non-hydrogen) atoms. The minimum Gasteiger partial charge on any atom is -0.467 e. The third-order valence-corrected chi connectivity index (χ3v) is 5.63. The van der Waals surface area contributed by atoms with Gasteiger partial charge in [-0.3, -0.25) is 4.79 Å². The Morgan fingerprint density at radius 1 is 0.868 bits per heavy atom. The van der Waals surface area contributed by atoms with Gasteiger partial charge in [-0.05, 0) is 73.7 Å². The average molecular weight is 521 g/mol. The molecule has 0 saturated heterocycles. The van der Waals surface area contributed by atoms with Crippen molar-refractivity contribution >= 4 is 23.7 Å². The van der Waals surface area contributed by atoms with Crippen molar-refractivity contribution in [3.8, 4) is 0 Å². The fourth-order valence-electron chi connectivity index (χ4n) is 3.85. The first kappa shape index (κ1) is 28.4. The zero-order chi connectivity index (χ0) is 27.7. The summed E-state index contributed by atoms with van der Waals surface area (Å²) in [4.78, 5) is 37.1. The standard InChI is InChI=1S/C30H33FN2O5/c1-30(2,3)38-29(36)33-26(28(35)37-4)18-21-11-15-25(16-12-21)32-27(34)19-23-8-6-5-7-22(23)17-20-9-13-24(31)14-10-20/h5-16,26H,17-19H2,1-4H3,(H,32,34)(H,33,36)/t26-/m1/s1. The van der Waals surface area contributed by atoms with E-state index in [9.17, 15) is 18.8 Å². The van der Waals surface area contributed by atoms with Gasteiger partial charge in [0, 0.05) is 12.1 Å². The van der Waals surface area contributed by atoms with E-state index in [2.05, 4.69) is 10.6 Å². The summed E-state index contributed by atoms with van der Waals surface area (Å²) < 4.78 is 23.3. The van der Waals surface area contributed by atoms with Crippen LogP contribution < -0.4 is 10.6 Å². The van der Waals surface area contributed by atoms with Gasteiger partial charge in [-0.15, -0.1) is 0 Å². The zero-order valence-electron chi connectivity index (χ0n) is 22.0. The van der Waals surface area contributed by atoms with E-state index in [4.69, 9.17) is 9.47 Å². The molecule has 0 aliphatic carbocycles. The van der Waals surface area contributed by atoms with Crippen LogP contribution in [0.2, 0.25) is 0 Å². The summed E-state index contributed by atoms with van der Waals surface area (Å²) in [7, 11) is 1.25. The molecule has 0 aliphatic heterocycles. The normalized spacial score (nSPS) is 11.8. The monoisotopic (exact) mass is 520 g/mol. The molecule has 3 rings (SSSR count). The molecule has 0 aromatic heterocycles. The lowest BCUT2D eigenvalue weighted by Crippen LogP contribution is -2.45. The van der Waals surface area contributed by atoms with Gasteiger partial charge in [0.05, 0.1) is 13.5 Å². The van der Waals surface area contributed by atoms with E-state index >= 15 is 0 Å². The number of anilines is 1. The van der Waals surface area contributed by atoms with Crippen LogP contribution in [0.1, 0.15) is 43.0 Å². The van der Waals surface area contributed by atoms with Crippen LogP contribution in [-0.2, 0) is 38.3 Å². The molecule has 2 amide bonds. The van der Waals surface area contributed by atoms with Crippen LogP contribution in [0.25, 0.3) is 0 Å². The second kappa shape index (κ2) is 12.9. The number of hydrogen-bond donors (Lipinski definition) is 2. The lowest BCUT2D eigenvalue weighted by atomic mass is 9.97. The molecule has 0 saturated carbocycles. The summed E-state index contributed by atoms with van der Waals surface area (Å²) in [6.45, 7) is 5.20. The number of halogens is 1. The predicted molar refractivity (Wildman–Crippen MR) is 143 cm³/mol. The summed E-state index contributed by atoms with van der Waals surface area (Å²) in [5, 5.41) is 5.44. The number of ether oxygens (including phenoxy) is 2. The van der Waals surface area contributed by atoms with Crippen molar-refractivity contribution in [2.24, 2.45) is 0 Å². The molecule has 200 valence electrons. The molecule has 3 aromatic carbocycles. The maximum Gasteiger partial charge on any atom is 0.408 e. The molecule has 3 aromatic rings. The van der Waals surface area contributed by atoms with Crippen molar-refractivity contribution in [2.75, 3.05) is 12.4 Å². The van der Waals surface area contributed by atoms with Crippen molar-refractivity contribution in [3.63, 3.8) is 0 Å². The number of carbonyl (C=O) groups is 3. The molecule has 0 spiro atoms. The highest BCUT2D eigenvalue weighted by Crippen LogP contribution is 2.18. The summed E-state index contributed by atoms with van der Waals surface area (Å²) in [5.74, 6) is -1.05. The zero-order valence-corrected chi connectivity index (χ0v) is 22.0. The van der Waals surface area contributed by atoms with E-state index < -0.39 is 23.7 Å². The molecular weight excluding hydrogens is 487 g/mol. The molecule has 7 nitrogen and oxygen atoms in total. The van der Waals surface area contributed by atoms with Gasteiger partial charge in [-0.25, -0.2) is 14.0 Å². The number of nitrogens with one attached hydrogen (secondary N) is 2. The number of methoxy groups -OCH3 is 1. The fourth-order valence-corrected chi connectivity index (χ4v) is 3.85. The smallest absolute Gasteiger partial charge is 0.408 e. The van der Waals surface area contributed by atoms with Crippen molar-refractivity contribution < 1.29 is 28.2 Å². The number of carbonyl (C=O) groups excluding carboxylic acids is 3. The van der Waals surface area contributed by atoms with E-state index in [-0.39, 0.29) is 24.6 Å². The van der Waals surface area contributed by atoms with Gasteiger partial charge in [-0.1, -0.05) is 48.5 Å². The minimum atomic E-state index is -0.923. The molecule has 0 radical (unpaired) electrons. The summed E-state index contributed by atoms with van der Waals surface area (Å²) in [5.41, 5.74) is 3.51. The van der Waals surface area contributed by atoms with Crippen molar-refractivity contribution in [1.82, 2.24) is 5.32 Å². The topological polar surface area (TPSA) is 93.7 Å². The first-order valence-electron chi connectivity index (χ1n) is 12.3. The van der Waals surface area contributed by atoms with Crippen LogP contribution >= 0.6 is 0 Å². The van der Waals surface area contributed by atoms with Gasteiger partial charge in [0.1, 0.15) is 17.5 Å². The Kier molecular flexibility index (Phi) is 9.60. The summed E-state index contributed by atoms with van der Waals surface area (Å²) in [6, 6.07) is 20.1. The number of esters is 1. The van der Waals surface area contributed by atoms with Crippen molar-refractivity contribution in [1.29, 1.82) is 0 Å². The third kappa shape index (κ3) is 9.03. The molecule has 0 fully saturated rings. The maximum absolute atomic E-state index is 13.2. The van der Waals surface area contributed by atoms with Crippen molar-refractivity contribution in [2.45, 2.75) is 51.7 Å². The minimum absolute atomic E-state index is 0.177. The largest absolute Gasteiger partial charge is 0.467 e. The van der Waals surface area contributed by atoms with Gasteiger partial charge >= 0.3 is 12.1 Å². The Morgan fingerprint density at radius 2 is 1.47 bits per heavy atom. The van der Waals surface area contributed by atoms with E-state index in [0.29, 0.717) is 12.1 Å². The Morgan fingerprint density at radius 3 is 2.08 bits per heavy atom. The molecule has 8 heteroatoms. The van der Waals surface area contributed by atoms with Crippen molar-refractivity contribution in [3.05, 3.63) is 101 Å². The fraction of sp³-hybridized carbons (Fsp3) is 0.300. The Labute approximate surface area is 222 Å². The summed E-state index contributed by atoms with van der Waals surface area (Å²) in [6.07, 6.45) is 0.258. The van der Waals surface area contributed by atoms with Crippen LogP contribution in [0.5, 0.6) is 0 Å². The highest BCUT2D eigenvalue weighted by atomic mass is 19.1. The number of rotatable bonds is 9. The first-order valence-corrected chi connectivity index (χ1v) is 12.3. The number of amides is 2. The maximum atomic E-state index is 13.2. The number of benzene rings is 3. The van der Waals surface area contributed by atoms with Crippen LogP contribution in [0, 0.1) is 5.82 Å². The lowest BCUT2D eigenvalue weighted by Gasteiger charge is -2.22. The van der Waals surface area contributed by atoms with Gasteiger partial charge in [-0.2, -0.15) is 0 Å². The average Bonchev–Trinajstić information content (AvgIpc) is 2.85. The Bertz CT molecular complexity index is 1250. The second-order valence-electron chi connectivity index (χ2n) is 9.92. The molecule has 0 unspecified atom stereocenters. The van der Waals surface area contributed by atoms with E-state index in [0.717, 1.165) is 22.3 Å². The molecule has 2 N–H and O–H groups in total. The van der Waals surface area contributed by atoms with E-state index in [1.807, 2.05) is 24.3 Å². The highest BCUT2D eigenvalue weighted by Gasteiger charge is 2.25. The quantitative estimate of drug-likeness (QED) is 0.378. The third-order valence-electron chi connectivity index (χ3n) is 5.63. The molecular formula is C30H33FN2O5. The Balaban J connectivity index is 1.60. The SMILES string of the molecule is COC(=O)[C@@H](Cc1ccc(NC(=O)Cc2ccccc2Cc2ccc(F)cc2)cc1)NC(=O)OC(C)(C)C. The van der Waals surface area contributed by atoms with Gasteiger partial charge in [0.25, 0.3) is 0 Å².